The summed E-state index contributed by atoms with van der Waals surface area (Å²) in [5.41, 5.74) is 5.86. The Kier molecular flexibility index (Phi) is 4.09. The van der Waals surface area contributed by atoms with Gasteiger partial charge >= 0.3 is 0 Å². The minimum atomic E-state index is -0.520. The summed E-state index contributed by atoms with van der Waals surface area (Å²) in [6.07, 6.45) is 3.32. The first-order valence-electron chi connectivity index (χ1n) is 7.57. The van der Waals surface area contributed by atoms with Gasteiger partial charge in [0.05, 0.1) is 5.92 Å². The number of fused-ring (bicyclic) bond motifs is 2. The summed E-state index contributed by atoms with van der Waals surface area (Å²) in [5, 5.41) is 5.70. The maximum atomic E-state index is 12.4. The van der Waals surface area contributed by atoms with Crippen molar-refractivity contribution in [2.24, 2.45) is 23.5 Å². The zero-order valence-electron chi connectivity index (χ0n) is 12.9. The highest BCUT2D eigenvalue weighted by molar-refractivity contribution is 5.89. The van der Waals surface area contributed by atoms with Crippen molar-refractivity contribution in [3.8, 4) is 0 Å². The van der Waals surface area contributed by atoms with Crippen molar-refractivity contribution >= 4 is 11.8 Å². The molecule has 5 atom stereocenters. The maximum absolute atomic E-state index is 12.4. The number of carbonyl (C=O) groups excluding carboxylic acids is 2. The molecule has 5 heteroatoms. The van der Waals surface area contributed by atoms with Gasteiger partial charge in [0.15, 0.2) is 0 Å². The number of amides is 2. The molecule has 0 radical (unpaired) electrons. The molecule has 2 bridgehead atoms. The minimum absolute atomic E-state index is 0.0355. The van der Waals surface area contributed by atoms with Crippen LogP contribution < -0.4 is 16.4 Å². The number of carbonyl (C=O) groups is 2. The van der Waals surface area contributed by atoms with Crippen LogP contribution in [0.15, 0.2) is 0 Å². The molecule has 2 fully saturated rings. The zero-order valence-corrected chi connectivity index (χ0v) is 12.9. The molecule has 0 aromatic carbocycles. The summed E-state index contributed by atoms with van der Waals surface area (Å²) in [4.78, 5) is 24.3. The van der Waals surface area contributed by atoms with Gasteiger partial charge in [-0.2, -0.15) is 0 Å². The van der Waals surface area contributed by atoms with E-state index in [4.69, 9.17) is 5.73 Å². The Morgan fingerprint density at radius 3 is 2.30 bits per heavy atom. The summed E-state index contributed by atoms with van der Waals surface area (Å²) >= 11 is 0. The highest BCUT2D eigenvalue weighted by Crippen LogP contribution is 2.47. The lowest BCUT2D eigenvalue weighted by atomic mass is 9.84. The standard InChI is InChI=1S/C15H27N3O2/c1-8(13(19)18-15(2,3)4)17-14(20)11-9-5-6-10(7-9)12(11)16/h8-12H,5-7,16H2,1-4H3,(H,17,20)(H,18,19). The molecule has 2 rings (SSSR count). The van der Waals surface area contributed by atoms with Crippen molar-refractivity contribution in [1.82, 2.24) is 10.6 Å². The van der Waals surface area contributed by atoms with Crippen LogP contribution >= 0.6 is 0 Å². The predicted octanol–water partition coefficient (Wildman–Crippen LogP) is 0.779. The molecular weight excluding hydrogens is 254 g/mol. The third-order valence-corrected chi connectivity index (χ3v) is 4.53. The van der Waals surface area contributed by atoms with Crippen LogP contribution in [0.5, 0.6) is 0 Å². The van der Waals surface area contributed by atoms with Gasteiger partial charge in [0, 0.05) is 11.6 Å². The van der Waals surface area contributed by atoms with Gasteiger partial charge in [0.1, 0.15) is 6.04 Å². The molecule has 5 nitrogen and oxygen atoms in total. The Balaban J connectivity index is 1.90. The highest BCUT2D eigenvalue weighted by atomic mass is 16.2. The van der Waals surface area contributed by atoms with Gasteiger partial charge in [0.25, 0.3) is 0 Å². The molecule has 4 N–H and O–H groups in total. The van der Waals surface area contributed by atoms with Crippen LogP contribution in [0.25, 0.3) is 0 Å². The molecule has 2 aliphatic carbocycles. The fourth-order valence-electron chi connectivity index (χ4n) is 3.58. The number of nitrogens with one attached hydrogen (secondary N) is 2. The molecule has 2 amide bonds. The van der Waals surface area contributed by atoms with E-state index in [0.717, 1.165) is 19.3 Å². The van der Waals surface area contributed by atoms with Crippen LogP contribution in [0, 0.1) is 17.8 Å². The van der Waals surface area contributed by atoms with Gasteiger partial charge in [-0.25, -0.2) is 0 Å². The van der Waals surface area contributed by atoms with Crippen molar-refractivity contribution in [3.63, 3.8) is 0 Å². The van der Waals surface area contributed by atoms with Gasteiger partial charge < -0.3 is 16.4 Å². The van der Waals surface area contributed by atoms with E-state index in [0.29, 0.717) is 11.8 Å². The average molecular weight is 281 g/mol. The summed E-state index contributed by atoms with van der Waals surface area (Å²) < 4.78 is 0. The zero-order chi connectivity index (χ0) is 15.1. The summed E-state index contributed by atoms with van der Waals surface area (Å²) in [7, 11) is 0. The normalized spacial score (nSPS) is 33.9. The van der Waals surface area contributed by atoms with E-state index in [2.05, 4.69) is 10.6 Å². The lowest BCUT2D eigenvalue weighted by Gasteiger charge is -2.29. The third-order valence-electron chi connectivity index (χ3n) is 4.53. The largest absolute Gasteiger partial charge is 0.350 e. The molecule has 0 aliphatic heterocycles. The third kappa shape index (κ3) is 3.14. The molecule has 0 aromatic heterocycles. The van der Waals surface area contributed by atoms with E-state index >= 15 is 0 Å². The number of nitrogens with two attached hydrogens (primary N) is 1. The molecule has 0 heterocycles. The molecule has 5 unspecified atom stereocenters. The van der Waals surface area contributed by atoms with E-state index in [1.165, 1.54) is 0 Å². The van der Waals surface area contributed by atoms with Crippen molar-refractivity contribution < 1.29 is 9.59 Å². The van der Waals surface area contributed by atoms with E-state index in [1.54, 1.807) is 6.92 Å². The smallest absolute Gasteiger partial charge is 0.242 e. The number of rotatable bonds is 3. The predicted molar refractivity (Wildman–Crippen MR) is 77.8 cm³/mol. The Morgan fingerprint density at radius 2 is 1.80 bits per heavy atom. The second-order valence-corrected chi connectivity index (χ2v) is 7.41. The van der Waals surface area contributed by atoms with E-state index in [1.807, 2.05) is 20.8 Å². The van der Waals surface area contributed by atoms with Crippen LogP contribution in [0.2, 0.25) is 0 Å². The van der Waals surface area contributed by atoms with Gasteiger partial charge in [-0.1, -0.05) is 0 Å². The fourth-order valence-corrected chi connectivity index (χ4v) is 3.58. The van der Waals surface area contributed by atoms with E-state index < -0.39 is 6.04 Å². The van der Waals surface area contributed by atoms with Crippen LogP contribution in [-0.2, 0) is 9.59 Å². The molecule has 2 saturated carbocycles. The first kappa shape index (κ1) is 15.3. The van der Waals surface area contributed by atoms with Crippen molar-refractivity contribution in [3.05, 3.63) is 0 Å². The fraction of sp³-hybridized carbons (Fsp3) is 0.867. The minimum Gasteiger partial charge on any atom is -0.350 e. The molecule has 0 aromatic rings. The molecule has 114 valence electrons. The molecule has 0 saturated heterocycles. The average Bonchev–Trinajstić information content (AvgIpc) is 2.86. The summed E-state index contributed by atoms with van der Waals surface area (Å²) in [5.74, 6) is 0.588. The molecule has 20 heavy (non-hydrogen) atoms. The Bertz CT molecular complexity index is 400. The van der Waals surface area contributed by atoms with Crippen molar-refractivity contribution in [1.29, 1.82) is 0 Å². The second-order valence-electron chi connectivity index (χ2n) is 7.41. The quantitative estimate of drug-likeness (QED) is 0.714. The van der Waals surface area contributed by atoms with Gasteiger partial charge in [0.2, 0.25) is 11.8 Å². The molecular formula is C15H27N3O2. The molecule has 2 aliphatic rings. The number of hydrogen-bond acceptors (Lipinski definition) is 3. The Morgan fingerprint density at radius 1 is 1.20 bits per heavy atom. The Labute approximate surface area is 121 Å². The van der Waals surface area contributed by atoms with Crippen LogP contribution in [0.1, 0.15) is 47.0 Å². The van der Waals surface area contributed by atoms with Crippen LogP contribution in [-0.4, -0.2) is 29.4 Å². The van der Waals surface area contributed by atoms with Crippen molar-refractivity contribution in [2.75, 3.05) is 0 Å². The molecule has 0 spiro atoms. The van der Waals surface area contributed by atoms with Gasteiger partial charge in [-0.3, -0.25) is 9.59 Å². The maximum Gasteiger partial charge on any atom is 0.242 e. The van der Waals surface area contributed by atoms with Crippen LogP contribution in [0.4, 0.5) is 0 Å². The van der Waals surface area contributed by atoms with Crippen LogP contribution in [0.3, 0.4) is 0 Å². The van der Waals surface area contributed by atoms with Gasteiger partial charge in [-0.05, 0) is 58.8 Å². The first-order chi connectivity index (χ1) is 9.19. The number of hydrogen-bond donors (Lipinski definition) is 3. The Hall–Kier alpha value is -1.10. The highest BCUT2D eigenvalue weighted by Gasteiger charge is 2.49. The van der Waals surface area contributed by atoms with E-state index in [-0.39, 0.29) is 29.3 Å². The second kappa shape index (κ2) is 5.35. The monoisotopic (exact) mass is 281 g/mol. The lowest BCUT2D eigenvalue weighted by molar-refractivity contribution is -0.132. The first-order valence-corrected chi connectivity index (χ1v) is 7.57. The topological polar surface area (TPSA) is 84.2 Å². The van der Waals surface area contributed by atoms with E-state index in [9.17, 15) is 9.59 Å². The van der Waals surface area contributed by atoms with Crippen molar-refractivity contribution in [2.45, 2.75) is 64.6 Å². The lowest BCUT2D eigenvalue weighted by Crippen LogP contribution is -2.54. The SMILES string of the molecule is CC(NC(=O)C1C2CCC(C2)C1N)C(=O)NC(C)(C)C. The van der Waals surface area contributed by atoms with Gasteiger partial charge in [-0.15, -0.1) is 0 Å². The summed E-state index contributed by atoms with van der Waals surface area (Å²) in [6.45, 7) is 7.49. The summed E-state index contributed by atoms with van der Waals surface area (Å²) in [6, 6.07) is -0.556.